The minimum absolute atomic E-state index is 0.236. The molecule has 1 heterocycles. The van der Waals surface area contributed by atoms with Crippen molar-refractivity contribution in [3.63, 3.8) is 0 Å². The fraction of sp³-hybridized carbons (Fsp3) is 0.250. The highest BCUT2D eigenvalue weighted by Crippen LogP contribution is 2.28. The van der Waals surface area contributed by atoms with Crippen LogP contribution in [0.3, 0.4) is 0 Å². The van der Waals surface area contributed by atoms with Crippen LogP contribution < -0.4 is 5.63 Å². The molecule has 2 nitrogen and oxygen atoms in total. The molecule has 0 aliphatic carbocycles. The molecular formula is C12H12O2S. The summed E-state index contributed by atoms with van der Waals surface area (Å²) in [5, 5.41) is 1.66. The van der Waals surface area contributed by atoms with Crippen LogP contribution in [0.4, 0.5) is 0 Å². The van der Waals surface area contributed by atoms with Gasteiger partial charge in [-0.05, 0) is 12.3 Å². The highest BCUT2D eigenvalue weighted by atomic mass is 32.2. The first-order valence-corrected chi connectivity index (χ1v) is 6.09. The van der Waals surface area contributed by atoms with E-state index in [0.717, 1.165) is 22.5 Å². The zero-order valence-electron chi connectivity index (χ0n) is 8.74. The summed E-state index contributed by atoms with van der Waals surface area (Å²) in [6.45, 7) is 1.99. The van der Waals surface area contributed by atoms with E-state index in [1.807, 2.05) is 31.4 Å². The topological polar surface area (TPSA) is 30.2 Å². The largest absolute Gasteiger partial charge is 0.426 e. The van der Waals surface area contributed by atoms with E-state index in [9.17, 15) is 4.79 Å². The minimum Gasteiger partial charge on any atom is -0.426 e. The Balaban J connectivity index is 2.92. The van der Waals surface area contributed by atoms with Gasteiger partial charge in [0.1, 0.15) is 5.76 Å². The quantitative estimate of drug-likeness (QED) is 0.728. The third-order valence-corrected chi connectivity index (χ3v) is 3.24. The van der Waals surface area contributed by atoms with Crippen molar-refractivity contribution in [2.75, 3.05) is 6.26 Å². The fourth-order valence-corrected chi connectivity index (χ4v) is 2.49. The minimum atomic E-state index is -0.236. The SMILES string of the molecule is CCc1oc(=O)c2ccccc2c1SC. The molecule has 3 heteroatoms. The molecule has 0 unspecified atom stereocenters. The summed E-state index contributed by atoms with van der Waals surface area (Å²) < 4.78 is 5.29. The Kier molecular flexibility index (Phi) is 2.82. The van der Waals surface area contributed by atoms with E-state index in [0.29, 0.717) is 5.39 Å². The van der Waals surface area contributed by atoms with E-state index in [1.165, 1.54) is 0 Å². The number of fused-ring (bicyclic) bond motifs is 1. The van der Waals surface area contributed by atoms with Crippen molar-refractivity contribution in [3.8, 4) is 0 Å². The number of hydrogen-bond acceptors (Lipinski definition) is 3. The Morgan fingerprint density at radius 2 is 1.93 bits per heavy atom. The van der Waals surface area contributed by atoms with Crippen molar-refractivity contribution in [3.05, 3.63) is 40.4 Å². The average molecular weight is 220 g/mol. The van der Waals surface area contributed by atoms with Gasteiger partial charge in [-0.1, -0.05) is 25.1 Å². The Labute approximate surface area is 92.3 Å². The third kappa shape index (κ3) is 1.67. The van der Waals surface area contributed by atoms with Crippen LogP contribution in [0.1, 0.15) is 12.7 Å². The first-order chi connectivity index (χ1) is 7.27. The summed E-state index contributed by atoms with van der Waals surface area (Å²) in [6, 6.07) is 7.58. The van der Waals surface area contributed by atoms with Crippen molar-refractivity contribution < 1.29 is 4.42 Å². The lowest BCUT2D eigenvalue weighted by molar-refractivity contribution is 0.459. The van der Waals surface area contributed by atoms with Crippen LogP contribution in [0.25, 0.3) is 10.8 Å². The van der Waals surface area contributed by atoms with Crippen LogP contribution in [0.15, 0.2) is 38.4 Å². The van der Waals surface area contributed by atoms with E-state index in [-0.39, 0.29) is 5.63 Å². The van der Waals surface area contributed by atoms with Crippen LogP contribution in [0.5, 0.6) is 0 Å². The van der Waals surface area contributed by atoms with Crippen LogP contribution in [0, 0.1) is 0 Å². The van der Waals surface area contributed by atoms with Crippen molar-refractivity contribution in [2.45, 2.75) is 18.2 Å². The van der Waals surface area contributed by atoms with E-state index in [1.54, 1.807) is 17.8 Å². The van der Waals surface area contributed by atoms with Crippen LogP contribution >= 0.6 is 11.8 Å². The standard InChI is InChI=1S/C12H12O2S/c1-3-10-11(15-2)8-6-4-5-7-9(8)12(13)14-10/h4-7H,3H2,1-2H3. The molecule has 2 aromatic rings. The molecule has 0 saturated heterocycles. The average Bonchev–Trinajstić information content (AvgIpc) is 2.29. The molecule has 0 radical (unpaired) electrons. The van der Waals surface area contributed by atoms with Gasteiger partial charge in [0.15, 0.2) is 0 Å². The van der Waals surface area contributed by atoms with Crippen LogP contribution in [-0.2, 0) is 6.42 Å². The number of aryl methyl sites for hydroxylation is 1. The molecule has 0 saturated carbocycles. The molecule has 0 fully saturated rings. The summed E-state index contributed by atoms with van der Waals surface area (Å²) in [4.78, 5) is 12.7. The second kappa shape index (κ2) is 4.11. The van der Waals surface area contributed by atoms with Gasteiger partial charge in [-0.25, -0.2) is 4.79 Å². The molecule has 0 bridgehead atoms. The first-order valence-electron chi connectivity index (χ1n) is 4.86. The summed E-state index contributed by atoms with van der Waals surface area (Å²) in [5.41, 5.74) is -0.236. The molecule has 1 aromatic carbocycles. The maximum Gasteiger partial charge on any atom is 0.343 e. The van der Waals surface area contributed by atoms with E-state index >= 15 is 0 Å². The number of hydrogen-bond donors (Lipinski definition) is 0. The van der Waals surface area contributed by atoms with Gasteiger partial charge < -0.3 is 4.42 Å². The second-order valence-electron chi connectivity index (χ2n) is 3.25. The van der Waals surface area contributed by atoms with Gasteiger partial charge in [0.05, 0.1) is 10.3 Å². The van der Waals surface area contributed by atoms with Gasteiger partial charge >= 0.3 is 5.63 Å². The van der Waals surface area contributed by atoms with Crippen molar-refractivity contribution in [1.29, 1.82) is 0 Å². The molecule has 0 spiro atoms. The van der Waals surface area contributed by atoms with Crippen LogP contribution in [-0.4, -0.2) is 6.26 Å². The van der Waals surface area contributed by atoms with Gasteiger partial charge in [0.25, 0.3) is 0 Å². The van der Waals surface area contributed by atoms with E-state index in [4.69, 9.17) is 4.42 Å². The summed E-state index contributed by atoms with van der Waals surface area (Å²) in [5.74, 6) is 0.784. The second-order valence-corrected chi connectivity index (χ2v) is 4.06. The highest BCUT2D eigenvalue weighted by molar-refractivity contribution is 7.98. The number of benzene rings is 1. The highest BCUT2D eigenvalue weighted by Gasteiger charge is 2.10. The molecule has 2 rings (SSSR count). The van der Waals surface area contributed by atoms with Gasteiger partial charge in [-0.15, -0.1) is 11.8 Å². The lowest BCUT2D eigenvalue weighted by atomic mass is 10.1. The maximum absolute atomic E-state index is 11.7. The Hall–Kier alpha value is -1.22. The van der Waals surface area contributed by atoms with Crippen molar-refractivity contribution in [1.82, 2.24) is 0 Å². The lowest BCUT2D eigenvalue weighted by Crippen LogP contribution is -2.03. The predicted octanol–water partition coefficient (Wildman–Crippen LogP) is 3.08. The molecule has 0 aliphatic heterocycles. The van der Waals surface area contributed by atoms with E-state index in [2.05, 4.69) is 0 Å². The Bertz CT molecular complexity index is 543. The first kappa shape index (κ1) is 10.3. The molecule has 0 N–H and O–H groups in total. The predicted molar refractivity (Wildman–Crippen MR) is 63.6 cm³/mol. The van der Waals surface area contributed by atoms with Gasteiger partial charge in [0.2, 0.25) is 0 Å². The molecular weight excluding hydrogens is 208 g/mol. The van der Waals surface area contributed by atoms with Gasteiger partial charge in [-0.3, -0.25) is 0 Å². The molecule has 0 amide bonds. The maximum atomic E-state index is 11.7. The Morgan fingerprint density at radius 3 is 2.53 bits per heavy atom. The number of thioether (sulfide) groups is 1. The normalized spacial score (nSPS) is 10.8. The number of rotatable bonds is 2. The Morgan fingerprint density at radius 1 is 1.27 bits per heavy atom. The summed E-state index contributed by atoms with van der Waals surface area (Å²) >= 11 is 1.63. The molecule has 1 aromatic heterocycles. The monoisotopic (exact) mass is 220 g/mol. The fourth-order valence-electron chi connectivity index (χ4n) is 1.68. The van der Waals surface area contributed by atoms with Crippen molar-refractivity contribution >= 4 is 22.5 Å². The summed E-state index contributed by atoms with van der Waals surface area (Å²) in [6.07, 6.45) is 2.75. The molecule has 0 aliphatic rings. The van der Waals surface area contributed by atoms with Gasteiger partial charge in [0, 0.05) is 11.8 Å². The van der Waals surface area contributed by atoms with Crippen LogP contribution in [0.2, 0.25) is 0 Å². The zero-order valence-corrected chi connectivity index (χ0v) is 9.56. The zero-order chi connectivity index (χ0) is 10.8. The summed E-state index contributed by atoms with van der Waals surface area (Å²) in [7, 11) is 0. The van der Waals surface area contributed by atoms with Gasteiger partial charge in [-0.2, -0.15) is 0 Å². The molecule has 15 heavy (non-hydrogen) atoms. The molecule has 0 atom stereocenters. The molecule has 78 valence electrons. The van der Waals surface area contributed by atoms with Crippen molar-refractivity contribution in [2.24, 2.45) is 0 Å². The third-order valence-electron chi connectivity index (χ3n) is 2.39. The lowest BCUT2D eigenvalue weighted by Gasteiger charge is -2.06. The van der Waals surface area contributed by atoms with E-state index < -0.39 is 0 Å². The smallest absolute Gasteiger partial charge is 0.343 e.